The smallest absolute Gasteiger partial charge is 0.243 e. The molecule has 9 heteroatoms. The summed E-state index contributed by atoms with van der Waals surface area (Å²) in [5, 5.41) is 7.61. The van der Waals surface area contributed by atoms with Gasteiger partial charge in [0.25, 0.3) is 0 Å². The molecule has 1 fully saturated rings. The zero-order valence-corrected chi connectivity index (χ0v) is 15.7. The van der Waals surface area contributed by atoms with Gasteiger partial charge in [0.2, 0.25) is 27.7 Å². The minimum absolute atomic E-state index is 0.0335. The number of sulfonamides is 1. The van der Waals surface area contributed by atoms with Crippen LogP contribution in [0.3, 0.4) is 0 Å². The Balaban J connectivity index is 1.57. The second-order valence-corrected chi connectivity index (χ2v) is 8.17. The Labute approximate surface area is 152 Å². The van der Waals surface area contributed by atoms with Crippen LogP contribution >= 0.6 is 0 Å². The fourth-order valence-corrected chi connectivity index (χ4v) is 4.62. The molecular formula is C17H22N4O4S. The highest BCUT2D eigenvalue weighted by atomic mass is 32.2. The molecule has 0 unspecified atom stereocenters. The molecule has 0 N–H and O–H groups in total. The fraction of sp³-hybridized carbons (Fsp3) is 0.471. The molecule has 1 aliphatic heterocycles. The Bertz CT molecular complexity index is 886. The standard InChI is InChI=1S/C17H22N4O4S/c1-13-5-3-4-6-15(13)26(23,24)21-11-9-20(10-12-21)17(22)8-7-16-19-18-14(2)25-16/h3-6H,7-12H2,1-2H3. The molecule has 0 atom stereocenters. The number of aromatic nitrogens is 2. The first-order valence-electron chi connectivity index (χ1n) is 8.50. The third-order valence-electron chi connectivity index (χ3n) is 4.42. The first-order valence-corrected chi connectivity index (χ1v) is 9.94. The molecule has 1 aromatic heterocycles. The molecule has 2 aromatic rings. The van der Waals surface area contributed by atoms with Crippen molar-refractivity contribution in [3.8, 4) is 0 Å². The van der Waals surface area contributed by atoms with Gasteiger partial charge in [0.1, 0.15) is 0 Å². The maximum Gasteiger partial charge on any atom is 0.243 e. The lowest BCUT2D eigenvalue weighted by Gasteiger charge is -2.34. The molecule has 3 rings (SSSR count). The molecule has 0 radical (unpaired) electrons. The van der Waals surface area contributed by atoms with Gasteiger partial charge in [0.05, 0.1) is 4.90 Å². The van der Waals surface area contributed by atoms with Crippen molar-refractivity contribution in [1.82, 2.24) is 19.4 Å². The van der Waals surface area contributed by atoms with Gasteiger partial charge in [-0.25, -0.2) is 8.42 Å². The third kappa shape index (κ3) is 3.94. The van der Waals surface area contributed by atoms with E-state index in [0.29, 0.717) is 49.3 Å². The average molecular weight is 378 g/mol. The molecule has 1 amide bonds. The molecule has 0 aliphatic carbocycles. The lowest BCUT2D eigenvalue weighted by Crippen LogP contribution is -2.50. The molecule has 26 heavy (non-hydrogen) atoms. The Kier molecular flexibility index (Phi) is 5.38. The predicted molar refractivity (Wildman–Crippen MR) is 93.9 cm³/mol. The molecule has 8 nitrogen and oxygen atoms in total. The van der Waals surface area contributed by atoms with Crippen LogP contribution in [0.5, 0.6) is 0 Å². The number of benzene rings is 1. The van der Waals surface area contributed by atoms with Crippen LogP contribution in [-0.2, 0) is 21.2 Å². The zero-order valence-electron chi connectivity index (χ0n) is 14.9. The quantitative estimate of drug-likeness (QED) is 0.774. The average Bonchev–Trinajstić information content (AvgIpc) is 3.05. The Hall–Kier alpha value is -2.26. The van der Waals surface area contributed by atoms with Crippen molar-refractivity contribution in [3.63, 3.8) is 0 Å². The van der Waals surface area contributed by atoms with Gasteiger partial charge in [0, 0.05) is 45.9 Å². The van der Waals surface area contributed by atoms with Crippen LogP contribution in [0.1, 0.15) is 23.8 Å². The lowest BCUT2D eigenvalue weighted by atomic mass is 10.2. The number of carbonyl (C=O) groups is 1. The second kappa shape index (κ2) is 7.55. The van der Waals surface area contributed by atoms with Gasteiger partial charge in [-0.3, -0.25) is 4.79 Å². The van der Waals surface area contributed by atoms with E-state index in [1.54, 1.807) is 36.9 Å². The van der Waals surface area contributed by atoms with E-state index in [2.05, 4.69) is 10.2 Å². The summed E-state index contributed by atoms with van der Waals surface area (Å²) in [6, 6.07) is 6.94. The highest BCUT2D eigenvalue weighted by Crippen LogP contribution is 2.21. The third-order valence-corrected chi connectivity index (χ3v) is 6.48. The number of rotatable bonds is 5. The summed E-state index contributed by atoms with van der Waals surface area (Å²) in [5.41, 5.74) is 0.723. The Morgan fingerprint density at radius 3 is 2.42 bits per heavy atom. The SMILES string of the molecule is Cc1nnc(CCC(=O)N2CCN(S(=O)(=O)c3ccccc3C)CC2)o1. The Morgan fingerprint density at radius 2 is 1.81 bits per heavy atom. The van der Waals surface area contributed by atoms with E-state index in [-0.39, 0.29) is 12.3 Å². The van der Waals surface area contributed by atoms with Crippen LogP contribution in [0.2, 0.25) is 0 Å². The van der Waals surface area contributed by atoms with E-state index < -0.39 is 10.0 Å². The minimum atomic E-state index is -3.53. The van der Waals surface area contributed by atoms with E-state index >= 15 is 0 Å². The largest absolute Gasteiger partial charge is 0.426 e. The zero-order chi connectivity index (χ0) is 18.7. The summed E-state index contributed by atoms with van der Waals surface area (Å²) in [4.78, 5) is 14.3. The summed E-state index contributed by atoms with van der Waals surface area (Å²) in [5.74, 6) is 0.882. The van der Waals surface area contributed by atoms with Crippen molar-refractivity contribution in [2.45, 2.75) is 31.6 Å². The molecule has 0 saturated carbocycles. The molecule has 1 aromatic carbocycles. The topological polar surface area (TPSA) is 96.6 Å². The van der Waals surface area contributed by atoms with Crippen LogP contribution in [0.15, 0.2) is 33.6 Å². The molecular weight excluding hydrogens is 356 g/mol. The van der Waals surface area contributed by atoms with Gasteiger partial charge >= 0.3 is 0 Å². The second-order valence-electron chi connectivity index (χ2n) is 6.27. The maximum atomic E-state index is 12.8. The van der Waals surface area contributed by atoms with Gasteiger partial charge in [0.15, 0.2) is 0 Å². The minimum Gasteiger partial charge on any atom is -0.426 e. The van der Waals surface area contributed by atoms with Crippen molar-refractivity contribution < 1.29 is 17.6 Å². The van der Waals surface area contributed by atoms with Gasteiger partial charge in [-0.05, 0) is 18.6 Å². The summed E-state index contributed by atoms with van der Waals surface area (Å²) in [6.07, 6.45) is 0.660. The number of hydrogen-bond donors (Lipinski definition) is 0. The number of hydrogen-bond acceptors (Lipinski definition) is 6. The highest BCUT2D eigenvalue weighted by Gasteiger charge is 2.30. The van der Waals surface area contributed by atoms with Crippen molar-refractivity contribution >= 4 is 15.9 Å². The van der Waals surface area contributed by atoms with Gasteiger partial charge in [-0.1, -0.05) is 18.2 Å². The number of aryl methyl sites for hydroxylation is 3. The fourth-order valence-electron chi connectivity index (χ4n) is 2.97. The van der Waals surface area contributed by atoms with Crippen LogP contribution in [0.4, 0.5) is 0 Å². The summed E-state index contributed by atoms with van der Waals surface area (Å²) in [6.45, 7) is 4.84. The molecule has 140 valence electrons. The molecule has 0 spiro atoms. The van der Waals surface area contributed by atoms with E-state index in [4.69, 9.17) is 4.42 Å². The van der Waals surface area contributed by atoms with Crippen LogP contribution < -0.4 is 0 Å². The Morgan fingerprint density at radius 1 is 1.12 bits per heavy atom. The first-order chi connectivity index (χ1) is 12.4. The number of carbonyl (C=O) groups excluding carboxylic acids is 1. The molecule has 0 bridgehead atoms. The molecule has 1 saturated heterocycles. The van der Waals surface area contributed by atoms with Crippen molar-refractivity contribution in [3.05, 3.63) is 41.6 Å². The predicted octanol–water partition coefficient (Wildman–Crippen LogP) is 1.15. The van der Waals surface area contributed by atoms with Crippen molar-refractivity contribution in [2.75, 3.05) is 26.2 Å². The monoisotopic (exact) mass is 378 g/mol. The van der Waals surface area contributed by atoms with Crippen LogP contribution in [0, 0.1) is 13.8 Å². The number of nitrogens with zero attached hydrogens (tertiary/aromatic N) is 4. The van der Waals surface area contributed by atoms with Crippen molar-refractivity contribution in [2.24, 2.45) is 0 Å². The van der Waals surface area contributed by atoms with E-state index in [0.717, 1.165) is 5.56 Å². The number of amides is 1. The van der Waals surface area contributed by atoms with E-state index in [1.807, 2.05) is 6.07 Å². The number of piperazine rings is 1. The van der Waals surface area contributed by atoms with E-state index in [1.165, 1.54) is 4.31 Å². The lowest BCUT2D eigenvalue weighted by molar-refractivity contribution is -0.132. The maximum absolute atomic E-state index is 12.8. The molecule has 1 aliphatic rings. The normalized spacial score (nSPS) is 16.0. The highest BCUT2D eigenvalue weighted by molar-refractivity contribution is 7.89. The summed E-state index contributed by atoms with van der Waals surface area (Å²) >= 11 is 0. The van der Waals surface area contributed by atoms with Gasteiger partial charge in [-0.15, -0.1) is 10.2 Å². The summed E-state index contributed by atoms with van der Waals surface area (Å²) < 4.78 is 32.3. The van der Waals surface area contributed by atoms with E-state index in [9.17, 15) is 13.2 Å². The van der Waals surface area contributed by atoms with Crippen molar-refractivity contribution in [1.29, 1.82) is 0 Å². The van der Waals surface area contributed by atoms with Crippen LogP contribution in [-0.4, -0.2) is 59.9 Å². The summed E-state index contributed by atoms with van der Waals surface area (Å²) in [7, 11) is -3.53. The van der Waals surface area contributed by atoms with Crippen LogP contribution in [0.25, 0.3) is 0 Å². The molecule has 2 heterocycles. The first kappa shape index (κ1) is 18.5. The van der Waals surface area contributed by atoms with Gasteiger partial charge in [-0.2, -0.15) is 4.31 Å². The van der Waals surface area contributed by atoms with Gasteiger partial charge < -0.3 is 9.32 Å².